The largest absolute Gasteiger partial charge is 0.381 e. The number of anilines is 1. The number of benzene rings is 1. The van der Waals surface area contributed by atoms with Gasteiger partial charge >= 0.3 is 0 Å². The lowest BCUT2D eigenvalue weighted by Gasteiger charge is -2.36. The van der Waals surface area contributed by atoms with Crippen LogP contribution in [0.15, 0.2) is 12.1 Å². The Morgan fingerprint density at radius 1 is 1.48 bits per heavy atom. The van der Waals surface area contributed by atoms with Crippen molar-refractivity contribution in [2.24, 2.45) is 0 Å². The minimum Gasteiger partial charge on any atom is -0.381 e. The van der Waals surface area contributed by atoms with Gasteiger partial charge in [0.25, 0.3) is 5.69 Å². The number of nitrogens with zero attached hydrogens (tertiary/aromatic N) is 1. The number of methoxy groups -OCH3 is 1. The molecule has 116 valence electrons. The number of nitrogens with one attached hydrogen (secondary N) is 1. The van der Waals surface area contributed by atoms with Crippen molar-refractivity contribution in [3.8, 4) is 0 Å². The third-order valence-corrected chi connectivity index (χ3v) is 4.23. The normalized spacial score (nSPS) is 17.5. The van der Waals surface area contributed by atoms with Gasteiger partial charge < -0.3 is 14.8 Å². The average Bonchev–Trinajstić information content (AvgIpc) is 2.48. The number of halogens is 1. The topological polar surface area (TPSA) is 73.6 Å². The van der Waals surface area contributed by atoms with Gasteiger partial charge in [-0.3, -0.25) is 10.1 Å². The van der Waals surface area contributed by atoms with Crippen LogP contribution >= 0.6 is 11.6 Å². The first-order valence-electron chi connectivity index (χ1n) is 6.79. The summed E-state index contributed by atoms with van der Waals surface area (Å²) in [5.41, 5.74) is 1.00. The van der Waals surface area contributed by atoms with Crippen molar-refractivity contribution >= 4 is 23.0 Å². The molecule has 0 bridgehead atoms. The number of nitro groups is 1. The van der Waals surface area contributed by atoms with Crippen LogP contribution in [0.4, 0.5) is 11.4 Å². The monoisotopic (exact) mass is 314 g/mol. The molecule has 7 heteroatoms. The molecule has 0 saturated carbocycles. The molecule has 2 rings (SSSR count). The summed E-state index contributed by atoms with van der Waals surface area (Å²) in [6, 6.07) is 3.08. The Balaban J connectivity index is 2.12. The number of nitro benzene ring substituents is 1. The predicted molar refractivity (Wildman–Crippen MR) is 81.1 cm³/mol. The minimum absolute atomic E-state index is 0.0260. The lowest BCUT2D eigenvalue weighted by Crippen LogP contribution is -2.44. The molecule has 1 saturated heterocycles. The van der Waals surface area contributed by atoms with E-state index < -0.39 is 4.92 Å². The molecule has 1 aromatic rings. The van der Waals surface area contributed by atoms with Crippen LogP contribution in [0, 0.1) is 17.0 Å². The smallest absolute Gasteiger partial charge is 0.273 e. The second-order valence-electron chi connectivity index (χ2n) is 5.23. The van der Waals surface area contributed by atoms with Gasteiger partial charge in [-0.05, 0) is 13.0 Å². The van der Waals surface area contributed by atoms with Crippen molar-refractivity contribution in [2.45, 2.75) is 25.4 Å². The lowest BCUT2D eigenvalue weighted by atomic mass is 9.94. The zero-order chi connectivity index (χ0) is 15.5. The van der Waals surface area contributed by atoms with Gasteiger partial charge in [-0.1, -0.05) is 11.6 Å². The van der Waals surface area contributed by atoms with E-state index in [9.17, 15) is 10.1 Å². The highest BCUT2D eigenvalue weighted by Crippen LogP contribution is 2.32. The summed E-state index contributed by atoms with van der Waals surface area (Å²) in [5, 5.41) is 14.5. The maximum absolute atomic E-state index is 10.9. The fourth-order valence-corrected chi connectivity index (χ4v) is 2.68. The van der Waals surface area contributed by atoms with Crippen LogP contribution in [0.25, 0.3) is 0 Å². The molecular weight excluding hydrogens is 296 g/mol. The summed E-state index contributed by atoms with van der Waals surface area (Å²) in [7, 11) is 1.69. The molecule has 0 spiro atoms. The van der Waals surface area contributed by atoms with Gasteiger partial charge in [0.15, 0.2) is 0 Å². The summed E-state index contributed by atoms with van der Waals surface area (Å²) >= 11 is 6.12. The van der Waals surface area contributed by atoms with E-state index in [2.05, 4.69) is 5.32 Å². The number of ether oxygens (including phenoxy) is 2. The average molecular weight is 315 g/mol. The molecule has 0 amide bonds. The summed E-state index contributed by atoms with van der Waals surface area (Å²) in [6.45, 7) is 3.62. The van der Waals surface area contributed by atoms with Gasteiger partial charge in [-0.2, -0.15) is 0 Å². The molecule has 1 N–H and O–H groups in total. The lowest BCUT2D eigenvalue weighted by molar-refractivity contribution is -0.385. The number of hydrogen-bond donors (Lipinski definition) is 1. The van der Waals surface area contributed by atoms with Crippen molar-refractivity contribution in [2.75, 3.05) is 32.2 Å². The fourth-order valence-electron chi connectivity index (χ4n) is 2.46. The Morgan fingerprint density at radius 2 is 2.14 bits per heavy atom. The minimum atomic E-state index is -0.430. The maximum atomic E-state index is 10.9. The van der Waals surface area contributed by atoms with Crippen LogP contribution in [0.1, 0.15) is 18.4 Å². The highest BCUT2D eigenvalue weighted by molar-refractivity contribution is 6.33. The molecule has 1 aliphatic rings. The molecule has 0 unspecified atom stereocenters. The van der Waals surface area contributed by atoms with E-state index in [-0.39, 0.29) is 11.3 Å². The molecular formula is C14H19ClN2O4. The van der Waals surface area contributed by atoms with E-state index in [0.717, 1.165) is 12.8 Å². The van der Waals surface area contributed by atoms with E-state index in [1.54, 1.807) is 20.1 Å². The van der Waals surface area contributed by atoms with Gasteiger partial charge in [-0.25, -0.2) is 0 Å². The zero-order valence-corrected chi connectivity index (χ0v) is 12.9. The third kappa shape index (κ3) is 3.64. The SMILES string of the molecule is COC1(CNc2cc(C)c([N+](=O)[O-])cc2Cl)CCOCC1. The molecule has 0 radical (unpaired) electrons. The molecule has 0 atom stereocenters. The Labute approximate surface area is 128 Å². The number of aryl methyl sites for hydroxylation is 1. The van der Waals surface area contributed by atoms with Crippen LogP contribution in [0.3, 0.4) is 0 Å². The first-order valence-corrected chi connectivity index (χ1v) is 7.16. The van der Waals surface area contributed by atoms with Crippen molar-refractivity contribution in [1.82, 2.24) is 0 Å². The van der Waals surface area contributed by atoms with Crippen LogP contribution in [-0.4, -0.2) is 37.4 Å². The van der Waals surface area contributed by atoms with Crippen molar-refractivity contribution < 1.29 is 14.4 Å². The van der Waals surface area contributed by atoms with Crippen LogP contribution in [0.5, 0.6) is 0 Å². The van der Waals surface area contributed by atoms with Gasteiger partial charge in [0, 0.05) is 51.3 Å². The summed E-state index contributed by atoms with van der Waals surface area (Å²) in [4.78, 5) is 10.5. The second-order valence-corrected chi connectivity index (χ2v) is 5.64. The zero-order valence-electron chi connectivity index (χ0n) is 12.1. The predicted octanol–water partition coefficient (Wildman–Crippen LogP) is 3.16. The second kappa shape index (κ2) is 6.60. The van der Waals surface area contributed by atoms with Crippen molar-refractivity contribution in [3.63, 3.8) is 0 Å². The molecule has 1 heterocycles. The molecule has 21 heavy (non-hydrogen) atoms. The van der Waals surface area contributed by atoms with E-state index in [1.165, 1.54) is 6.07 Å². The molecule has 1 aliphatic heterocycles. The highest BCUT2D eigenvalue weighted by atomic mass is 35.5. The van der Waals surface area contributed by atoms with E-state index in [1.807, 2.05) is 0 Å². The molecule has 6 nitrogen and oxygen atoms in total. The fraction of sp³-hybridized carbons (Fsp3) is 0.571. The first kappa shape index (κ1) is 16.0. The molecule has 1 fully saturated rings. The number of rotatable bonds is 5. The Kier molecular flexibility index (Phi) is 5.03. The standard InChI is InChI=1S/C14H19ClN2O4/c1-10-7-12(11(15)8-13(10)17(18)19)16-9-14(20-2)3-5-21-6-4-14/h7-8,16H,3-6,9H2,1-2H3. The summed E-state index contributed by atoms with van der Waals surface area (Å²) < 4.78 is 11.0. The van der Waals surface area contributed by atoms with Crippen LogP contribution in [0.2, 0.25) is 5.02 Å². The third-order valence-electron chi connectivity index (χ3n) is 3.92. The van der Waals surface area contributed by atoms with Gasteiger partial charge in [0.1, 0.15) is 0 Å². The van der Waals surface area contributed by atoms with Gasteiger partial charge in [0.05, 0.1) is 21.2 Å². The molecule has 1 aromatic carbocycles. The quantitative estimate of drug-likeness (QED) is 0.667. The van der Waals surface area contributed by atoms with E-state index in [4.69, 9.17) is 21.1 Å². The Bertz CT molecular complexity index is 530. The Morgan fingerprint density at radius 3 is 2.71 bits per heavy atom. The number of hydrogen-bond acceptors (Lipinski definition) is 5. The van der Waals surface area contributed by atoms with Crippen molar-refractivity contribution in [1.29, 1.82) is 0 Å². The van der Waals surface area contributed by atoms with Crippen LogP contribution < -0.4 is 5.32 Å². The highest BCUT2D eigenvalue weighted by Gasteiger charge is 2.32. The van der Waals surface area contributed by atoms with E-state index >= 15 is 0 Å². The van der Waals surface area contributed by atoms with E-state index in [0.29, 0.717) is 36.0 Å². The van der Waals surface area contributed by atoms with Gasteiger partial charge in [0.2, 0.25) is 0 Å². The molecule has 0 aliphatic carbocycles. The van der Waals surface area contributed by atoms with Crippen LogP contribution in [-0.2, 0) is 9.47 Å². The first-order chi connectivity index (χ1) is 9.97. The summed E-state index contributed by atoms with van der Waals surface area (Å²) in [6.07, 6.45) is 1.61. The molecule has 0 aromatic heterocycles. The van der Waals surface area contributed by atoms with Crippen molar-refractivity contribution in [3.05, 3.63) is 32.8 Å². The van der Waals surface area contributed by atoms with Gasteiger partial charge in [-0.15, -0.1) is 0 Å². The Hall–Kier alpha value is -1.37. The summed E-state index contributed by atoms with van der Waals surface area (Å²) in [5.74, 6) is 0. The maximum Gasteiger partial charge on any atom is 0.273 e.